The quantitative estimate of drug-likeness (QED) is 0.879. The maximum absolute atomic E-state index is 11.6. The molecule has 0 spiro atoms. The highest BCUT2D eigenvalue weighted by Crippen LogP contribution is 2.36. The molecule has 0 radical (unpaired) electrons. The predicted octanol–water partition coefficient (Wildman–Crippen LogP) is 4.09. The van der Waals surface area contributed by atoms with Gasteiger partial charge in [0.15, 0.2) is 0 Å². The van der Waals surface area contributed by atoms with Gasteiger partial charge in [0, 0.05) is 24.6 Å². The molecular weight excluding hydrogens is 324 g/mol. The van der Waals surface area contributed by atoms with Gasteiger partial charge in [-0.25, -0.2) is 0 Å². The fraction of sp³-hybridized carbons (Fsp3) is 0.571. The molecule has 2 aromatic heterocycles. The first kappa shape index (κ1) is 18.6. The molecule has 26 heavy (non-hydrogen) atoms. The third-order valence-electron chi connectivity index (χ3n) is 5.67. The smallest absolute Gasteiger partial charge is 0.250 e. The van der Waals surface area contributed by atoms with Gasteiger partial charge in [-0.05, 0) is 74.5 Å². The lowest BCUT2D eigenvalue weighted by atomic mass is 9.79. The molecular formula is C21H30N4O. The number of primary amides is 1. The molecule has 5 heteroatoms. The van der Waals surface area contributed by atoms with Crippen molar-refractivity contribution in [1.82, 2.24) is 14.8 Å². The number of nitrogens with zero attached hydrogens (tertiary/aromatic N) is 3. The Bertz CT molecular complexity index is 785. The summed E-state index contributed by atoms with van der Waals surface area (Å²) in [5.74, 6) is 1.23. The van der Waals surface area contributed by atoms with Crippen molar-refractivity contribution in [2.45, 2.75) is 71.8 Å². The summed E-state index contributed by atoms with van der Waals surface area (Å²) in [5, 5.41) is 4.78. The largest absolute Gasteiger partial charge is 0.366 e. The second-order valence-electron chi connectivity index (χ2n) is 8.06. The van der Waals surface area contributed by atoms with E-state index < -0.39 is 0 Å². The van der Waals surface area contributed by atoms with Gasteiger partial charge in [-0.3, -0.25) is 14.5 Å². The molecule has 1 fully saturated rings. The van der Waals surface area contributed by atoms with E-state index >= 15 is 0 Å². The van der Waals surface area contributed by atoms with Crippen molar-refractivity contribution in [3.63, 3.8) is 0 Å². The zero-order valence-electron chi connectivity index (χ0n) is 16.3. The Hall–Kier alpha value is -2.17. The SMILES string of the molecule is Cc1cn(C[C@H]2CC[C@H](c3cnc(C)c(C(N)=O)c3)CC2)nc1C(C)C. The number of aryl methyl sites for hydroxylation is 2. The van der Waals surface area contributed by atoms with E-state index in [1.165, 1.54) is 24.1 Å². The fourth-order valence-electron chi connectivity index (χ4n) is 4.16. The molecule has 140 valence electrons. The van der Waals surface area contributed by atoms with Gasteiger partial charge in [0.1, 0.15) is 0 Å². The number of pyridine rings is 1. The second kappa shape index (κ2) is 7.60. The van der Waals surface area contributed by atoms with Crippen LogP contribution in [0.5, 0.6) is 0 Å². The van der Waals surface area contributed by atoms with Crippen LogP contribution in [0.15, 0.2) is 18.5 Å². The number of aromatic nitrogens is 3. The number of amides is 1. The molecule has 0 saturated heterocycles. The fourth-order valence-corrected chi connectivity index (χ4v) is 4.16. The van der Waals surface area contributed by atoms with Crippen LogP contribution in [-0.4, -0.2) is 20.7 Å². The van der Waals surface area contributed by atoms with Crippen molar-refractivity contribution in [2.75, 3.05) is 0 Å². The van der Waals surface area contributed by atoms with Crippen LogP contribution >= 0.6 is 0 Å². The van der Waals surface area contributed by atoms with Crippen molar-refractivity contribution in [3.8, 4) is 0 Å². The van der Waals surface area contributed by atoms with Gasteiger partial charge in [0.25, 0.3) is 5.91 Å². The van der Waals surface area contributed by atoms with Crippen LogP contribution in [0, 0.1) is 19.8 Å². The van der Waals surface area contributed by atoms with Crippen LogP contribution in [0.1, 0.15) is 84.2 Å². The maximum Gasteiger partial charge on any atom is 0.250 e. The molecule has 3 rings (SSSR count). The van der Waals surface area contributed by atoms with Gasteiger partial charge in [0.2, 0.25) is 0 Å². The molecule has 0 aliphatic heterocycles. The van der Waals surface area contributed by atoms with Crippen LogP contribution < -0.4 is 5.73 Å². The summed E-state index contributed by atoms with van der Waals surface area (Å²) in [6.45, 7) is 9.37. The van der Waals surface area contributed by atoms with Crippen LogP contribution in [-0.2, 0) is 6.54 Å². The van der Waals surface area contributed by atoms with E-state index in [9.17, 15) is 4.79 Å². The molecule has 1 amide bonds. The number of nitrogens with two attached hydrogens (primary N) is 1. The van der Waals surface area contributed by atoms with E-state index in [-0.39, 0.29) is 5.91 Å². The average molecular weight is 354 g/mol. The van der Waals surface area contributed by atoms with E-state index in [4.69, 9.17) is 10.8 Å². The Morgan fingerprint density at radius 1 is 1.27 bits per heavy atom. The molecule has 1 aliphatic rings. The topological polar surface area (TPSA) is 73.8 Å². The van der Waals surface area contributed by atoms with E-state index in [1.807, 2.05) is 19.2 Å². The zero-order valence-corrected chi connectivity index (χ0v) is 16.3. The Morgan fingerprint density at radius 2 is 1.96 bits per heavy atom. The molecule has 0 unspecified atom stereocenters. The van der Waals surface area contributed by atoms with Crippen LogP contribution in [0.25, 0.3) is 0 Å². The third kappa shape index (κ3) is 3.97. The molecule has 2 N–H and O–H groups in total. The van der Waals surface area contributed by atoms with E-state index in [0.29, 0.717) is 29.0 Å². The molecule has 0 aromatic carbocycles. The molecule has 0 bridgehead atoms. The zero-order chi connectivity index (χ0) is 18.8. The van der Waals surface area contributed by atoms with Crippen LogP contribution in [0.3, 0.4) is 0 Å². The van der Waals surface area contributed by atoms with Gasteiger partial charge in [0.05, 0.1) is 11.3 Å². The van der Waals surface area contributed by atoms with Gasteiger partial charge in [-0.1, -0.05) is 13.8 Å². The molecule has 0 atom stereocenters. The van der Waals surface area contributed by atoms with Crippen LogP contribution in [0.2, 0.25) is 0 Å². The monoisotopic (exact) mass is 354 g/mol. The minimum atomic E-state index is -0.388. The van der Waals surface area contributed by atoms with Gasteiger partial charge in [-0.2, -0.15) is 5.10 Å². The van der Waals surface area contributed by atoms with Crippen molar-refractivity contribution in [2.24, 2.45) is 11.7 Å². The highest BCUT2D eigenvalue weighted by Gasteiger charge is 2.24. The first-order valence-electron chi connectivity index (χ1n) is 9.65. The summed E-state index contributed by atoms with van der Waals surface area (Å²) in [6, 6.07) is 1.95. The van der Waals surface area contributed by atoms with E-state index in [1.54, 1.807) is 0 Å². The lowest BCUT2D eigenvalue weighted by Crippen LogP contribution is -2.20. The highest BCUT2D eigenvalue weighted by atomic mass is 16.1. The second-order valence-corrected chi connectivity index (χ2v) is 8.06. The summed E-state index contributed by atoms with van der Waals surface area (Å²) in [7, 11) is 0. The van der Waals surface area contributed by atoms with Crippen molar-refractivity contribution < 1.29 is 4.79 Å². The Balaban J connectivity index is 1.62. The first-order chi connectivity index (χ1) is 12.3. The van der Waals surface area contributed by atoms with E-state index in [2.05, 4.69) is 36.6 Å². The summed E-state index contributed by atoms with van der Waals surface area (Å²) in [4.78, 5) is 15.9. The normalized spacial score (nSPS) is 20.5. The number of hydrogen-bond acceptors (Lipinski definition) is 3. The lowest BCUT2D eigenvalue weighted by Gasteiger charge is -2.28. The van der Waals surface area contributed by atoms with E-state index in [0.717, 1.165) is 24.9 Å². The Morgan fingerprint density at radius 3 is 2.54 bits per heavy atom. The number of carbonyl (C=O) groups excluding carboxylic acids is 1. The molecule has 2 aromatic rings. The predicted molar refractivity (Wildman–Crippen MR) is 103 cm³/mol. The third-order valence-corrected chi connectivity index (χ3v) is 5.67. The van der Waals surface area contributed by atoms with Crippen molar-refractivity contribution in [1.29, 1.82) is 0 Å². The maximum atomic E-state index is 11.6. The van der Waals surface area contributed by atoms with Gasteiger partial charge < -0.3 is 5.73 Å². The number of hydrogen-bond donors (Lipinski definition) is 1. The summed E-state index contributed by atoms with van der Waals surface area (Å²) in [5.41, 5.74) is 10.4. The number of rotatable bonds is 5. The highest BCUT2D eigenvalue weighted by molar-refractivity contribution is 5.93. The molecule has 1 aliphatic carbocycles. The van der Waals surface area contributed by atoms with Crippen molar-refractivity contribution in [3.05, 3.63) is 46.5 Å². The first-order valence-corrected chi connectivity index (χ1v) is 9.65. The number of carbonyl (C=O) groups is 1. The van der Waals surface area contributed by atoms with Crippen LogP contribution in [0.4, 0.5) is 0 Å². The summed E-state index contributed by atoms with van der Waals surface area (Å²) >= 11 is 0. The Labute approximate surface area is 156 Å². The molecule has 5 nitrogen and oxygen atoms in total. The standard InChI is InChI=1S/C21H30N4O/c1-13(2)20-14(3)11-25(24-20)12-16-5-7-17(8-6-16)18-9-19(21(22)26)15(4)23-10-18/h9-11,13,16-17H,5-8,12H2,1-4H3,(H2,22,26)/t16-,17-. The molecule has 2 heterocycles. The van der Waals surface area contributed by atoms with Gasteiger partial charge >= 0.3 is 0 Å². The minimum absolute atomic E-state index is 0.388. The van der Waals surface area contributed by atoms with Crippen molar-refractivity contribution >= 4 is 5.91 Å². The lowest BCUT2D eigenvalue weighted by molar-refractivity contribution is 0.0999. The summed E-state index contributed by atoms with van der Waals surface area (Å²) < 4.78 is 2.13. The molecule has 1 saturated carbocycles. The minimum Gasteiger partial charge on any atom is -0.366 e. The average Bonchev–Trinajstić information content (AvgIpc) is 2.96. The van der Waals surface area contributed by atoms with Gasteiger partial charge in [-0.15, -0.1) is 0 Å². The Kier molecular flexibility index (Phi) is 5.44. The summed E-state index contributed by atoms with van der Waals surface area (Å²) in [6.07, 6.45) is 8.72.